The molecule has 2 aromatic rings. The van der Waals surface area contributed by atoms with Gasteiger partial charge in [0.25, 0.3) is 0 Å². The van der Waals surface area contributed by atoms with Gasteiger partial charge in [-0.25, -0.2) is 9.36 Å². The van der Waals surface area contributed by atoms with Crippen molar-refractivity contribution in [3.63, 3.8) is 0 Å². The average Bonchev–Trinajstić information content (AvgIpc) is 2.71. The fourth-order valence-corrected chi connectivity index (χ4v) is 1.40. The molecule has 5 nitrogen and oxygen atoms in total. The van der Waals surface area contributed by atoms with E-state index in [4.69, 9.17) is 5.73 Å². The largest absolute Gasteiger partial charge is 0.324 e. The Balaban J connectivity index is 2.33. The van der Waals surface area contributed by atoms with Gasteiger partial charge in [-0.05, 0) is 17.6 Å². The van der Waals surface area contributed by atoms with E-state index < -0.39 is 0 Å². The van der Waals surface area contributed by atoms with Gasteiger partial charge in [-0.3, -0.25) is 0 Å². The first-order chi connectivity index (χ1) is 6.40. The molecule has 6 heteroatoms. The van der Waals surface area contributed by atoms with E-state index in [-0.39, 0.29) is 0 Å². The van der Waals surface area contributed by atoms with Crippen molar-refractivity contribution in [2.24, 2.45) is 5.73 Å². The van der Waals surface area contributed by atoms with E-state index in [9.17, 15) is 0 Å². The Morgan fingerprint density at radius 3 is 2.85 bits per heavy atom. The highest BCUT2D eigenvalue weighted by molar-refractivity contribution is 7.09. The minimum absolute atomic E-state index is 0.315. The Bertz CT molecular complexity index is 368. The zero-order valence-corrected chi connectivity index (χ0v) is 7.53. The number of nitrogens with zero attached hydrogens (tertiary/aromatic N) is 4. The predicted molar refractivity (Wildman–Crippen MR) is 48.8 cm³/mol. The van der Waals surface area contributed by atoms with Crippen molar-refractivity contribution in [2.45, 2.75) is 6.54 Å². The minimum atomic E-state index is 0.315. The van der Waals surface area contributed by atoms with Gasteiger partial charge in [0.15, 0.2) is 5.82 Å². The molecular formula is C7H7N5S. The molecule has 0 aliphatic heterocycles. The van der Waals surface area contributed by atoms with Gasteiger partial charge < -0.3 is 5.73 Å². The van der Waals surface area contributed by atoms with E-state index in [0.717, 1.165) is 10.6 Å². The molecule has 0 spiro atoms. The van der Waals surface area contributed by atoms with Crippen molar-refractivity contribution in [2.75, 3.05) is 0 Å². The van der Waals surface area contributed by atoms with E-state index in [1.807, 2.05) is 6.07 Å². The molecule has 0 aliphatic carbocycles. The van der Waals surface area contributed by atoms with Crippen molar-refractivity contribution in [3.05, 3.63) is 24.3 Å². The molecule has 2 aromatic heterocycles. The zero-order chi connectivity index (χ0) is 9.10. The van der Waals surface area contributed by atoms with Gasteiger partial charge in [0.05, 0.1) is 17.6 Å². The van der Waals surface area contributed by atoms with Gasteiger partial charge in [-0.1, -0.05) is 0 Å². The third-order valence-electron chi connectivity index (χ3n) is 1.48. The smallest absolute Gasteiger partial charge is 0.164 e. The molecule has 0 amide bonds. The summed E-state index contributed by atoms with van der Waals surface area (Å²) < 4.78 is 3.96. The lowest BCUT2D eigenvalue weighted by Gasteiger charge is -1.95. The Labute approximate surface area is 78.8 Å². The van der Waals surface area contributed by atoms with Gasteiger partial charge >= 0.3 is 0 Å². The molecular weight excluding hydrogens is 186 g/mol. The monoisotopic (exact) mass is 193 g/mol. The molecule has 0 saturated heterocycles. The lowest BCUT2D eigenvalue weighted by molar-refractivity contribution is 0.836. The van der Waals surface area contributed by atoms with Gasteiger partial charge in [0.2, 0.25) is 0 Å². The summed E-state index contributed by atoms with van der Waals surface area (Å²) in [5.74, 6) is 0.549. The van der Waals surface area contributed by atoms with Crippen LogP contribution in [0.1, 0.15) is 5.82 Å². The molecule has 0 atom stereocenters. The third kappa shape index (κ3) is 1.68. The first-order valence-corrected chi connectivity index (χ1v) is 4.47. The predicted octanol–water partition coefficient (Wildman–Crippen LogP) is 0.454. The summed E-state index contributed by atoms with van der Waals surface area (Å²) in [5, 5.41) is 7.82. The van der Waals surface area contributed by atoms with Crippen LogP contribution < -0.4 is 5.73 Å². The van der Waals surface area contributed by atoms with Gasteiger partial charge in [0, 0.05) is 6.20 Å². The standard InChI is InChI=1S/C7H7N5S/c8-3-7-9-4-5(11-12-7)6-1-2-10-13-6/h1-2,4H,3,8H2. The second-order valence-electron chi connectivity index (χ2n) is 2.34. The molecule has 13 heavy (non-hydrogen) atoms. The summed E-state index contributed by atoms with van der Waals surface area (Å²) in [5.41, 5.74) is 6.08. The number of rotatable bonds is 2. The molecule has 66 valence electrons. The van der Waals surface area contributed by atoms with Crippen molar-refractivity contribution >= 4 is 11.5 Å². The van der Waals surface area contributed by atoms with E-state index in [0.29, 0.717) is 12.4 Å². The number of hydrogen-bond donors (Lipinski definition) is 1. The van der Waals surface area contributed by atoms with Crippen molar-refractivity contribution < 1.29 is 0 Å². The summed E-state index contributed by atoms with van der Waals surface area (Å²) in [7, 11) is 0. The number of aromatic nitrogens is 4. The molecule has 0 bridgehead atoms. The molecule has 0 unspecified atom stereocenters. The first kappa shape index (κ1) is 8.21. The Morgan fingerprint density at radius 2 is 2.31 bits per heavy atom. The Kier molecular flexibility index (Phi) is 2.24. The molecule has 2 heterocycles. The van der Waals surface area contributed by atoms with Crippen LogP contribution in [0.25, 0.3) is 10.6 Å². The van der Waals surface area contributed by atoms with E-state index >= 15 is 0 Å². The van der Waals surface area contributed by atoms with Gasteiger partial charge in [-0.2, -0.15) is 0 Å². The van der Waals surface area contributed by atoms with Gasteiger partial charge in [-0.15, -0.1) is 10.2 Å². The van der Waals surface area contributed by atoms with Crippen LogP contribution >= 0.6 is 11.5 Å². The van der Waals surface area contributed by atoms with Crippen LogP contribution in [0.3, 0.4) is 0 Å². The first-order valence-electron chi connectivity index (χ1n) is 3.70. The number of hydrogen-bond acceptors (Lipinski definition) is 6. The topological polar surface area (TPSA) is 77.6 Å². The van der Waals surface area contributed by atoms with Crippen LogP contribution in [-0.4, -0.2) is 19.6 Å². The van der Waals surface area contributed by atoms with Crippen molar-refractivity contribution in [1.29, 1.82) is 0 Å². The second-order valence-corrected chi connectivity index (χ2v) is 3.17. The summed E-state index contributed by atoms with van der Waals surface area (Å²) in [4.78, 5) is 5.00. The fraction of sp³-hybridized carbons (Fsp3) is 0.143. The highest BCUT2D eigenvalue weighted by Gasteiger charge is 2.02. The highest BCUT2D eigenvalue weighted by Crippen LogP contribution is 2.18. The molecule has 0 aromatic carbocycles. The third-order valence-corrected chi connectivity index (χ3v) is 2.25. The van der Waals surface area contributed by atoms with Crippen LogP contribution in [-0.2, 0) is 6.54 Å². The highest BCUT2D eigenvalue weighted by atomic mass is 32.1. The molecule has 0 saturated carbocycles. The molecule has 0 radical (unpaired) electrons. The lowest BCUT2D eigenvalue weighted by Crippen LogP contribution is -2.04. The molecule has 2 N–H and O–H groups in total. The maximum atomic E-state index is 5.34. The quantitative estimate of drug-likeness (QED) is 0.749. The molecule has 0 fully saturated rings. The van der Waals surface area contributed by atoms with E-state index in [1.54, 1.807) is 12.4 Å². The SMILES string of the molecule is NCc1ncc(-c2ccns2)nn1. The summed E-state index contributed by atoms with van der Waals surface area (Å²) >= 11 is 1.37. The number of nitrogens with two attached hydrogens (primary N) is 1. The zero-order valence-electron chi connectivity index (χ0n) is 6.71. The summed E-state index contributed by atoms with van der Waals surface area (Å²) in [6.45, 7) is 0.315. The molecule has 2 rings (SSSR count). The lowest BCUT2D eigenvalue weighted by atomic mass is 10.4. The fourth-order valence-electron chi connectivity index (χ4n) is 0.853. The van der Waals surface area contributed by atoms with Crippen LogP contribution in [0.15, 0.2) is 18.5 Å². The van der Waals surface area contributed by atoms with Crippen molar-refractivity contribution in [3.8, 4) is 10.6 Å². The maximum absolute atomic E-state index is 5.34. The van der Waals surface area contributed by atoms with E-state index in [2.05, 4.69) is 19.6 Å². The summed E-state index contributed by atoms with van der Waals surface area (Å²) in [6, 6.07) is 1.87. The van der Waals surface area contributed by atoms with Crippen molar-refractivity contribution in [1.82, 2.24) is 19.6 Å². The van der Waals surface area contributed by atoms with Gasteiger partial charge in [0.1, 0.15) is 5.69 Å². The summed E-state index contributed by atoms with van der Waals surface area (Å²) in [6.07, 6.45) is 3.38. The Morgan fingerprint density at radius 1 is 1.38 bits per heavy atom. The maximum Gasteiger partial charge on any atom is 0.164 e. The van der Waals surface area contributed by atoms with E-state index in [1.165, 1.54) is 11.5 Å². The van der Waals surface area contributed by atoms with Crippen LogP contribution in [0.2, 0.25) is 0 Å². The van der Waals surface area contributed by atoms with Crippen LogP contribution in [0.4, 0.5) is 0 Å². The Hall–Kier alpha value is -1.40. The minimum Gasteiger partial charge on any atom is -0.324 e. The normalized spacial score (nSPS) is 10.2. The second kappa shape index (κ2) is 3.55. The van der Waals surface area contributed by atoms with Crippen LogP contribution in [0.5, 0.6) is 0 Å². The molecule has 0 aliphatic rings. The van der Waals surface area contributed by atoms with Crippen LogP contribution in [0, 0.1) is 0 Å². The average molecular weight is 193 g/mol.